The summed E-state index contributed by atoms with van der Waals surface area (Å²) in [5.41, 5.74) is 5.41. The molecule has 1 aliphatic heterocycles. The molecule has 0 radical (unpaired) electrons. The Hall–Kier alpha value is -1.10. The van der Waals surface area contributed by atoms with Crippen LogP contribution in [-0.4, -0.2) is 21.3 Å². The third-order valence-corrected chi connectivity index (χ3v) is 1.85. The van der Waals surface area contributed by atoms with Crippen molar-refractivity contribution in [2.45, 2.75) is 25.9 Å². The molecule has 0 aliphatic carbocycles. The summed E-state index contributed by atoms with van der Waals surface area (Å²) >= 11 is 0. The molecule has 5 heteroatoms. The van der Waals surface area contributed by atoms with Gasteiger partial charge in [0.05, 0.1) is 12.1 Å². The van der Waals surface area contributed by atoms with Crippen LogP contribution in [0.1, 0.15) is 19.7 Å². The van der Waals surface area contributed by atoms with Gasteiger partial charge in [0.15, 0.2) is 5.82 Å². The molecule has 12 heavy (non-hydrogen) atoms. The minimum atomic E-state index is -0.445. The fourth-order valence-corrected chi connectivity index (χ4v) is 1.18. The van der Waals surface area contributed by atoms with Gasteiger partial charge in [0.2, 0.25) is 5.95 Å². The second-order valence-electron chi connectivity index (χ2n) is 3.63. The number of hydrogen-bond acceptors (Lipinski definition) is 4. The van der Waals surface area contributed by atoms with E-state index in [0.29, 0.717) is 5.82 Å². The Balaban J connectivity index is 2.38. The van der Waals surface area contributed by atoms with E-state index >= 15 is 0 Å². The van der Waals surface area contributed by atoms with Gasteiger partial charge in [0.25, 0.3) is 0 Å². The molecular formula is C7H13N5. The third-order valence-electron chi connectivity index (χ3n) is 1.85. The predicted molar refractivity (Wildman–Crippen MR) is 45.7 cm³/mol. The molecule has 0 saturated carbocycles. The Kier molecular flexibility index (Phi) is 1.38. The molecular weight excluding hydrogens is 154 g/mol. The molecule has 1 aromatic heterocycles. The molecule has 2 rings (SSSR count). The molecule has 1 aliphatic rings. The van der Waals surface area contributed by atoms with E-state index in [1.807, 2.05) is 18.5 Å². The van der Waals surface area contributed by atoms with Crippen molar-refractivity contribution in [2.75, 3.05) is 11.9 Å². The molecule has 66 valence electrons. The van der Waals surface area contributed by atoms with Gasteiger partial charge in [0, 0.05) is 6.54 Å². The number of nitrogens with zero attached hydrogens (tertiary/aromatic N) is 3. The van der Waals surface area contributed by atoms with Crippen molar-refractivity contribution in [3.8, 4) is 0 Å². The first-order valence-corrected chi connectivity index (χ1v) is 4.05. The summed E-state index contributed by atoms with van der Waals surface area (Å²) in [5.74, 6) is 1.54. The highest BCUT2D eigenvalue weighted by atomic mass is 15.4. The van der Waals surface area contributed by atoms with Crippen LogP contribution >= 0.6 is 0 Å². The quantitative estimate of drug-likeness (QED) is 0.612. The zero-order valence-corrected chi connectivity index (χ0v) is 7.33. The molecule has 5 nitrogen and oxygen atoms in total. The summed E-state index contributed by atoms with van der Waals surface area (Å²) in [5, 5.41) is 7.41. The maximum absolute atomic E-state index is 5.85. The van der Waals surface area contributed by atoms with Crippen LogP contribution < -0.4 is 11.1 Å². The van der Waals surface area contributed by atoms with Crippen molar-refractivity contribution in [1.82, 2.24) is 14.8 Å². The summed E-state index contributed by atoms with van der Waals surface area (Å²) in [7, 11) is 0. The third kappa shape index (κ3) is 1.06. The van der Waals surface area contributed by atoms with E-state index in [9.17, 15) is 0 Å². The van der Waals surface area contributed by atoms with E-state index in [0.717, 1.165) is 19.0 Å². The van der Waals surface area contributed by atoms with Crippen molar-refractivity contribution in [2.24, 2.45) is 5.73 Å². The summed E-state index contributed by atoms with van der Waals surface area (Å²) in [6, 6.07) is 0. The zero-order chi connectivity index (χ0) is 8.77. The van der Waals surface area contributed by atoms with Crippen molar-refractivity contribution in [1.29, 1.82) is 0 Å². The topological polar surface area (TPSA) is 68.8 Å². The second kappa shape index (κ2) is 2.20. The summed E-state index contributed by atoms with van der Waals surface area (Å²) in [4.78, 5) is 4.28. The van der Waals surface area contributed by atoms with Gasteiger partial charge < -0.3 is 11.1 Å². The Morgan fingerprint density at radius 1 is 1.58 bits per heavy atom. The Morgan fingerprint density at radius 3 is 2.92 bits per heavy atom. The molecule has 0 spiro atoms. The van der Waals surface area contributed by atoms with Crippen LogP contribution in [0, 0.1) is 0 Å². The van der Waals surface area contributed by atoms with Gasteiger partial charge >= 0.3 is 0 Å². The van der Waals surface area contributed by atoms with Gasteiger partial charge in [-0.15, -0.1) is 0 Å². The number of nitrogens with one attached hydrogen (secondary N) is 1. The van der Waals surface area contributed by atoms with Crippen LogP contribution in [0.25, 0.3) is 0 Å². The molecule has 0 atom stereocenters. The maximum Gasteiger partial charge on any atom is 0.221 e. The van der Waals surface area contributed by atoms with E-state index in [1.54, 1.807) is 0 Å². The molecule has 0 amide bonds. The Bertz CT molecular complexity index is 274. The number of aromatic nitrogens is 3. The van der Waals surface area contributed by atoms with Crippen LogP contribution in [0.3, 0.4) is 0 Å². The summed E-state index contributed by atoms with van der Waals surface area (Å²) < 4.78 is 1.85. The monoisotopic (exact) mass is 167 g/mol. The average molecular weight is 167 g/mol. The summed E-state index contributed by atoms with van der Waals surface area (Å²) in [6.45, 7) is 5.61. The number of hydrogen-bond donors (Lipinski definition) is 2. The molecule has 0 fully saturated rings. The molecule has 0 saturated heterocycles. The van der Waals surface area contributed by atoms with Gasteiger partial charge in [-0.2, -0.15) is 10.1 Å². The van der Waals surface area contributed by atoms with Crippen LogP contribution in [-0.2, 0) is 12.1 Å². The first-order chi connectivity index (χ1) is 5.57. The van der Waals surface area contributed by atoms with E-state index in [4.69, 9.17) is 5.73 Å². The number of anilines is 1. The van der Waals surface area contributed by atoms with Crippen LogP contribution in [0.2, 0.25) is 0 Å². The Labute approximate surface area is 71.0 Å². The molecule has 1 aromatic rings. The van der Waals surface area contributed by atoms with Gasteiger partial charge in [0.1, 0.15) is 0 Å². The highest BCUT2D eigenvalue weighted by Crippen LogP contribution is 2.17. The molecule has 0 bridgehead atoms. The minimum Gasteiger partial charge on any atom is -0.353 e. The largest absolute Gasteiger partial charge is 0.353 e. The molecule has 0 unspecified atom stereocenters. The van der Waals surface area contributed by atoms with Crippen LogP contribution in [0.5, 0.6) is 0 Å². The first kappa shape index (κ1) is 7.54. The van der Waals surface area contributed by atoms with Crippen LogP contribution in [0.15, 0.2) is 0 Å². The zero-order valence-electron chi connectivity index (χ0n) is 7.33. The lowest BCUT2D eigenvalue weighted by molar-refractivity contribution is 0.503. The lowest BCUT2D eigenvalue weighted by Gasteiger charge is -2.12. The number of nitrogens with two attached hydrogens (primary N) is 1. The molecule has 0 aromatic carbocycles. The second-order valence-corrected chi connectivity index (χ2v) is 3.63. The van der Waals surface area contributed by atoms with Gasteiger partial charge in [-0.25, -0.2) is 4.68 Å². The fraction of sp³-hybridized carbons (Fsp3) is 0.714. The number of rotatable bonds is 1. The van der Waals surface area contributed by atoms with E-state index in [-0.39, 0.29) is 0 Å². The SMILES string of the molecule is CC(C)(N)c1nc2n(n1)CCN2. The summed E-state index contributed by atoms with van der Waals surface area (Å²) in [6.07, 6.45) is 0. The van der Waals surface area contributed by atoms with Gasteiger partial charge in [-0.3, -0.25) is 0 Å². The van der Waals surface area contributed by atoms with E-state index < -0.39 is 5.54 Å². The normalized spacial score (nSPS) is 15.9. The lowest BCUT2D eigenvalue weighted by Crippen LogP contribution is -2.30. The lowest BCUT2D eigenvalue weighted by atomic mass is 10.1. The molecule has 2 heterocycles. The van der Waals surface area contributed by atoms with Crippen LogP contribution in [0.4, 0.5) is 5.95 Å². The Morgan fingerprint density at radius 2 is 2.33 bits per heavy atom. The standard InChI is InChI=1S/C7H13N5/c1-7(2,8)5-10-6-9-3-4-12(6)11-5/h3-4,8H2,1-2H3,(H,9,10,11). The fourth-order valence-electron chi connectivity index (χ4n) is 1.18. The predicted octanol–water partition coefficient (Wildman–Crippen LogP) is -0.103. The number of fused-ring (bicyclic) bond motifs is 1. The van der Waals surface area contributed by atoms with Crippen molar-refractivity contribution < 1.29 is 0 Å². The smallest absolute Gasteiger partial charge is 0.221 e. The van der Waals surface area contributed by atoms with Crippen molar-refractivity contribution in [3.05, 3.63) is 5.82 Å². The minimum absolute atomic E-state index is 0.445. The molecule has 3 N–H and O–H groups in total. The van der Waals surface area contributed by atoms with Gasteiger partial charge in [-0.1, -0.05) is 0 Å². The highest BCUT2D eigenvalue weighted by Gasteiger charge is 2.23. The van der Waals surface area contributed by atoms with Crippen molar-refractivity contribution >= 4 is 5.95 Å². The first-order valence-electron chi connectivity index (χ1n) is 4.05. The van der Waals surface area contributed by atoms with E-state index in [1.165, 1.54) is 0 Å². The highest BCUT2D eigenvalue weighted by molar-refractivity contribution is 5.29. The van der Waals surface area contributed by atoms with E-state index in [2.05, 4.69) is 15.4 Å². The van der Waals surface area contributed by atoms with Crippen molar-refractivity contribution in [3.63, 3.8) is 0 Å². The average Bonchev–Trinajstić information content (AvgIpc) is 2.37. The maximum atomic E-state index is 5.85. The van der Waals surface area contributed by atoms with Gasteiger partial charge in [-0.05, 0) is 13.8 Å².